The van der Waals surface area contributed by atoms with Gasteiger partial charge in [-0.05, 0) is 12.8 Å². The molecule has 0 aliphatic heterocycles. The number of nitrogens with one attached hydrogen (secondary N) is 1. The van der Waals surface area contributed by atoms with E-state index in [-0.39, 0.29) is 12.5 Å². The van der Waals surface area contributed by atoms with Crippen LogP contribution in [-0.2, 0) is 4.79 Å². The molecule has 0 aliphatic rings. The molecule has 1 amide bonds. The quantitative estimate of drug-likeness (QED) is 0.472. The van der Waals surface area contributed by atoms with Crippen LogP contribution in [0.3, 0.4) is 0 Å². The first-order chi connectivity index (χ1) is 6.20. The van der Waals surface area contributed by atoms with Gasteiger partial charge in [-0.1, -0.05) is 13.8 Å². The van der Waals surface area contributed by atoms with Gasteiger partial charge in [-0.3, -0.25) is 9.79 Å². The fourth-order valence-electron chi connectivity index (χ4n) is 0.829. The maximum atomic E-state index is 11.0. The average molecular weight is 185 g/mol. The SMILES string of the molecule is CCCNC(=O)CN=C(N)CCC. The second-order valence-electron chi connectivity index (χ2n) is 2.91. The van der Waals surface area contributed by atoms with Crippen molar-refractivity contribution in [2.75, 3.05) is 13.1 Å². The monoisotopic (exact) mass is 185 g/mol. The van der Waals surface area contributed by atoms with Gasteiger partial charge in [0, 0.05) is 13.0 Å². The lowest BCUT2D eigenvalue weighted by molar-refractivity contribution is -0.119. The summed E-state index contributed by atoms with van der Waals surface area (Å²) in [5, 5.41) is 2.73. The van der Waals surface area contributed by atoms with Crippen molar-refractivity contribution in [3.8, 4) is 0 Å². The zero-order chi connectivity index (χ0) is 10.1. The number of amides is 1. The Bertz CT molecular complexity index is 178. The molecule has 0 aliphatic carbocycles. The topological polar surface area (TPSA) is 67.5 Å². The lowest BCUT2D eigenvalue weighted by Crippen LogP contribution is -2.27. The number of carbonyl (C=O) groups is 1. The molecule has 0 heterocycles. The van der Waals surface area contributed by atoms with Crippen molar-refractivity contribution in [1.82, 2.24) is 5.32 Å². The van der Waals surface area contributed by atoms with E-state index in [9.17, 15) is 4.79 Å². The van der Waals surface area contributed by atoms with Crippen LogP contribution in [0.5, 0.6) is 0 Å². The third-order valence-corrected chi connectivity index (χ3v) is 1.50. The Labute approximate surface area is 79.6 Å². The molecule has 0 fully saturated rings. The number of amidine groups is 1. The lowest BCUT2D eigenvalue weighted by Gasteiger charge is -2.01. The molecule has 0 aromatic heterocycles. The minimum absolute atomic E-state index is 0.0547. The van der Waals surface area contributed by atoms with Crippen molar-refractivity contribution in [3.05, 3.63) is 0 Å². The van der Waals surface area contributed by atoms with Crippen LogP contribution in [0.25, 0.3) is 0 Å². The summed E-state index contributed by atoms with van der Waals surface area (Å²) in [7, 11) is 0. The molecule has 4 nitrogen and oxygen atoms in total. The minimum atomic E-state index is -0.0547. The Morgan fingerprint density at radius 2 is 2.08 bits per heavy atom. The highest BCUT2D eigenvalue weighted by molar-refractivity contribution is 5.85. The predicted octanol–water partition coefficient (Wildman–Crippen LogP) is 0.670. The Balaban J connectivity index is 3.60. The van der Waals surface area contributed by atoms with Crippen molar-refractivity contribution in [2.24, 2.45) is 10.7 Å². The fraction of sp³-hybridized carbons (Fsp3) is 0.778. The van der Waals surface area contributed by atoms with Gasteiger partial charge in [-0.25, -0.2) is 0 Å². The van der Waals surface area contributed by atoms with Crippen LogP contribution in [-0.4, -0.2) is 24.8 Å². The van der Waals surface area contributed by atoms with Gasteiger partial charge in [0.05, 0.1) is 5.84 Å². The number of carbonyl (C=O) groups excluding carboxylic acids is 1. The Morgan fingerprint density at radius 1 is 1.38 bits per heavy atom. The highest BCUT2D eigenvalue weighted by atomic mass is 16.1. The van der Waals surface area contributed by atoms with Crippen LogP contribution in [0, 0.1) is 0 Å². The molecule has 3 N–H and O–H groups in total. The zero-order valence-electron chi connectivity index (χ0n) is 8.47. The molecule has 76 valence electrons. The summed E-state index contributed by atoms with van der Waals surface area (Å²) in [6.45, 7) is 4.91. The van der Waals surface area contributed by atoms with Gasteiger partial charge in [0.1, 0.15) is 6.54 Å². The first-order valence-electron chi connectivity index (χ1n) is 4.76. The van der Waals surface area contributed by atoms with Crippen LogP contribution in [0.2, 0.25) is 0 Å². The Kier molecular flexibility index (Phi) is 6.96. The Hall–Kier alpha value is -1.06. The third kappa shape index (κ3) is 7.31. The number of rotatable bonds is 6. The minimum Gasteiger partial charge on any atom is -0.387 e. The summed E-state index contributed by atoms with van der Waals surface area (Å²) in [5.41, 5.74) is 5.53. The van der Waals surface area contributed by atoms with E-state index in [2.05, 4.69) is 10.3 Å². The van der Waals surface area contributed by atoms with Gasteiger partial charge in [0.15, 0.2) is 0 Å². The number of hydrogen-bond acceptors (Lipinski definition) is 2. The van der Waals surface area contributed by atoms with Crippen molar-refractivity contribution >= 4 is 11.7 Å². The number of hydrogen-bond donors (Lipinski definition) is 2. The second-order valence-corrected chi connectivity index (χ2v) is 2.91. The van der Waals surface area contributed by atoms with Gasteiger partial charge in [0.2, 0.25) is 5.91 Å². The first kappa shape index (κ1) is 11.9. The normalized spacial score (nSPS) is 11.4. The van der Waals surface area contributed by atoms with Gasteiger partial charge in [-0.2, -0.15) is 0 Å². The summed E-state index contributed by atoms with van der Waals surface area (Å²) < 4.78 is 0. The van der Waals surface area contributed by atoms with E-state index in [0.29, 0.717) is 12.4 Å². The molecular weight excluding hydrogens is 166 g/mol. The second kappa shape index (κ2) is 7.58. The summed E-state index contributed by atoms with van der Waals surface area (Å²) in [5.74, 6) is 0.509. The molecule has 0 aromatic rings. The molecule has 13 heavy (non-hydrogen) atoms. The van der Waals surface area contributed by atoms with Crippen LogP contribution in [0.4, 0.5) is 0 Å². The highest BCUT2D eigenvalue weighted by Gasteiger charge is 1.97. The van der Waals surface area contributed by atoms with Crippen molar-refractivity contribution in [1.29, 1.82) is 0 Å². The van der Waals surface area contributed by atoms with Crippen LogP contribution < -0.4 is 11.1 Å². The summed E-state index contributed by atoms with van der Waals surface area (Å²) >= 11 is 0. The molecule has 0 atom stereocenters. The zero-order valence-corrected chi connectivity index (χ0v) is 8.47. The standard InChI is InChI=1S/C9H19N3O/c1-3-5-8(10)12-7-9(13)11-6-4-2/h3-7H2,1-2H3,(H2,10,12)(H,11,13). The van der Waals surface area contributed by atoms with Crippen molar-refractivity contribution in [3.63, 3.8) is 0 Å². The van der Waals surface area contributed by atoms with Crippen molar-refractivity contribution in [2.45, 2.75) is 33.1 Å². The number of nitrogens with two attached hydrogens (primary N) is 1. The molecule has 0 radical (unpaired) electrons. The molecule has 0 aromatic carbocycles. The van der Waals surface area contributed by atoms with E-state index in [4.69, 9.17) is 5.73 Å². The summed E-state index contributed by atoms with van der Waals surface area (Å²) in [4.78, 5) is 15.0. The maximum absolute atomic E-state index is 11.0. The lowest BCUT2D eigenvalue weighted by atomic mass is 10.3. The summed E-state index contributed by atoms with van der Waals surface area (Å²) in [6.07, 6.45) is 2.67. The first-order valence-corrected chi connectivity index (χ1v) is 4.76. The highest BCUT2D eigenvalue weighted by Crippen LogP contribution is 1.86. The van der Waals surface area contributed by atoms with Gasteiger partial charge >= 0.3 is 0 Å². The van der Waals surface area contributed by atoms with Gasteiger partial charge in [0.25, 0.3) is 0 Å². The van der Waals surface area contributed by atoms with Crippen LogP contribution in [0.15, 0.2) is 4.99 Å². The third-order valence-electron chi connectivity index (χ3n) is 1.50. The summed E-state index contributed by atoms with van der Waals surface area (Å²) in [6, 6.07) is 0. The smallest absolute Gasteiger partial charge is 0.241 e. The molecular formula is C9H19N3O. The molecule has 0 unspecified atom stereocenters. The van der Waals surface area contributed by atoms with Gasteiger partial charge < -0.3 is 11.1 Å². The Morgan fingerprint density at radius 3 is 2.62 bits per heavy atom. The van der Waals surface area contributed by atoms with Gasteiger partial charge in [-0.15, -0.1) is 0 Å². The van der Waals surface area contributed by atoms with Crippen LogP contribution >= 0.6 is 0 Å². The largest absolute Gasteiger partial charge is 0.387 e. The molecule has 0 saturated carbocycles. The van der Waals surface area contributed by atoms with E-state index < -0.39 is 0 Å². The molecule has 4 heteroatoms. The van der Waals surface area contributed by atoms with E-state index in [0.717, 1.165) is 19.3 Å². The molecule has 0 spiro atoms. The van der Waals surface area contributed by atoms with Crippen LogP contribution in [0.1, 0.15) is 33.1 Å². The van der Waals surface area contributed by atoms with E-state index in [1.54, 1.807) is 0 Å². The average Bonchev–Trinajstić information content (AvgIpc) is 2.12. The molecule has 0 rings (SSSR count). The maximum Gasteiger partial charge on any atom is 0.241 e. The van der Waals surface area contributed by atoms with E-state index in [1.807, 2.05) is 13.8 Å². The molecule has 0 bridgehead atoms. The molecule has 0 saturated heterocycles. The number of nitrogens with zero attached hydrogens (tertiary/aromatic N) is 1. The fourth-order valence-corrected chi connectivity index (χ4v) is 0.829. The van der Waals surface area contributed by atoms with E-state index in [1.165, 1.54) is 0 Å². The van der Waals surface area contributed by atoms with E-state index >= 15 is 0 Å². The number of aliphatic imine (C=N–C) groups is 1. The predicted molar refractivity (Wildman–Crippen MR) is 54.7 cm³/mol. The van der Waals surface area contributed by atoms with Crippen molar-refractivity contribution < 1.29 is 4.79 Å².